The molecule has 4 aromatic rings. The molecule has 4 aromatic carbocycles. The first-order valence-electron chi connectivity index (χ1n) is 8.69. The monoisotopic (exact) mass is 358 g/mol. The number of hydrogen-bond donors (Lipinski definition) is 0. The Morgan fingerprint density at radius 1 is 0.720 bits per heavy atom. The molecule has 0 amide bonds. The lowest BCUT2D eigenvalue weighted by molar-refractivity contribution is 0.871. The highest BCUT2D eigenvalue weighted by Crippen LogP contribution is 2.49. The van der Waals surface area contributed by atoms with Gasteiger partial charge < -0.3 is 0 Å². The van der Waals surface area contributed by atoms with E-state index in [0.29, 0.717) is 5.25 Å². The standard InChI is InChI=1S/C23H18S2/c1-3-9-18-16(6-1)8-5-11-21(18)25-22-14-15-24-23-19-10-4-2-7-17(19)12-13-20(22)23/h1-13,22H,14-15H2. The van der Waals surface area contributed by atoms with Gasteiger partial charge in [0.15, 0.2) is 0 Å². The van der Waals surface area contributed by atoms with Crippen molar-refractivity contribution in [1.29, 1.82) is 0 Å². The van der Waals surface area contributed by atoms with Crippen LogP contribution in [-0.2, 0) is 0 Å². The van der Waals surface area contributed by atoms with Gasteiger partial charge in [0, 0.05) is 15.0 Å². The Balaban J connectivity index is 1.59. The van der Waals surface area contributed by atoms with Crippen LogP contribution in [0.15, 0.2) is 88.7 Å². The van der Waals surface area contributed by atoms with E-state index in [2.05, 4.69) is 78.9 Å². The molecule has 0 fully saturated rings. The molecule has 0 spiro atoms. The lowest BCUT2D eigenvalue weighted by Gasteiger charge is -2.26. The first kappa shape index (κ1) is 15.4. The Hall–Kier alpha value is -1.90. The van der Waals surface area contributed by atoms with Crippen molar-refractivity contribution in [3.63, 3.8) is 0 Å². The SMILES string of the molecule is c1ccc2c(SC3CCSc4c3ccc3ccccc43)cccc2c1. The van der Waals surface area contributed by atoms with Gasteiger partial charge in [0.25, 0.3) is 0 Å². The van der Waals surface area contributed by atoms with Gasteiger partial charge in [-0.3, -0.25) is 0 Å². The van der Waals surface area contributed by atoms with E-state index in [1.165, 1.54) is 49.1 Å². The molecule has 1 aliphatic heterocycles. The van der Waals surface area contributed by atoms with Gasteiger partial charge in [0.2, 0.25) is 0 Å². The van der Waals surface area contributed by atoms with Gasteiger partial charge in [-0.25, -0.2) is 0 Å². The minimum atomic E-state index is 0.534. The predicted octanol–water partition coefficient (Wildman–Crippen LogP) is 7.32. The van der Waals surface area contributed by atoms with Crippen LogP contribution in [0.3, 0.4) is 0 Å². The summed E-state index contributed by atoms with van der Waals surface area (Å²) in [5, 5.41) is 6.00. The van der Waals surface area contributed by atoms with Gasteiger partial charge in [-0.05, 0) is 45.3 Å². The topological polar surface area (TPSA) is 0 Å². The molecular formula is C23H18S2. The van der Waals surface area contributed by atoms with Crippen LogP contribution < -0.4 is 0 Å². The zero-order chi connectivity index (χ0) is 16.6. The average molecular weight is 359 g/mol. The summed E-state index contributed by atoms with van der Waals surface area (Å²) in [7, 11) is 0. The van der Waals surface area contributed by atoms with Gasteiger partial charge in [0.05, 0.1) is 0 Å². The van der Waals surface area contributed by atoms with Crippen molar-refractivity contribution in [2.24, 2.45) is 0 Å². The Labute approximate surface area is 156 Å². The molecule has 0 saturated heterocycles. The molecular weight excluding hydrogens is 340 g/mol. The van der Waals surface area contributed by atoms with Crippen LogP contribution in [0.1, 0.15) is 17.2 Å². The molecule has 122 valence electrons. The van der Waals surface area contributed by atoms with E-state index in [4.69, 9.17) is 0 Å². The second-order valence-corrected chi connectivity index (χ2v) is 8.78. The van der Waals surface area contributed by atoms with Crippen molar-refractivity contribution >= 4 is 45.1 Å². The molecule has 0 bridgehead atoms. The van der Waals surface area contributed by atoms with Gasteiger partial charge >= 0.3 is 0 Å². The molecule has 0 saturated carbocycles. The molecule has 1 aliphatic rings. The van der Waals surface area contributed by atoms with Gasteiger partial charge in [-0.15, -0.1) is 23.5 Å². The van der Waals surface area contributed by atoms with E-state index in [-0.39, 0.29) is 0 Å². The van der Waals surface area contributed by atoms with Gasteiger partial charge in [0.1, 0.15) is 0 Å². The summed E-state index contributed by atoms with van der Waals surface area (Å²) in [6.07, 6.45) is 1.23. The maximum absolute atomic E-state index is 2.35. The average Bonchev–Trinajstić information content (AvgIpc) is 2.68. The number of fused-ring (bicyclic) bond motifs is 4. The minimum absolute atomic E-state index is 0.534. The first-order valence-corrected chi connectivity index (χ1v) is 10.6. The van der Waals surface area contributed by atoms with Crippen molar-refractivity contribution < 1.29 is 0 Å². The highest BCUT2D eigenvalue weighted by atomic mass is 32.2. The lowest BCUT2D eigenvalue weighted by Crippen LogP contribution is -2.04. The maximum Gasteiger partial charge on any atom is 0.0364 e. The second kappa shape index (κ2) is 6.44. The molecule has 1 atom stereocenters. The second-order valence-electron chi connectivity index (χ2n) is 6.43. The predicted molar refractivity (Wildman–Crippen MR) is 112 cm³/mol. The zero-order valence-corrected chi connectivity index (χ0v) is 15.4. The van der Waals surface area contributed by atoms with Crippen LogP contribution in [0, 0.1) is 0 Å². The van der Waals surface area contributed by atoms with E-state index in [1.54, 1.807) is 0 Å². The van der Waals surface area contributed by atoms with E-state index >= 15 is 0 Å². The summed E-state index contributed by atoms with van der Waals surface area (Å²) < 4.78 is 0. The first-order chi connectivity index (χ1) is 12.4. The Morgan fingerprint density at radius 2 is 1.44 bits per heavy atom. The lowest BCUT2D eigenvalue weighted by atomic mass is 10.0. The van der Waals surface area contributed by atoms with Crippen LogP contribution in [-0.4, -0.2) is 5.75 Å². The number of rotatable bonds is 2. The Morgan fingerprint density at radius 3 is 2.32 bits per heavy atom. The van der Waals surface area contributed by atoms with Crippen molar-refractivity contribution in [1.82, 2.24) is 0 Å². The van der Waals surface area contributed by atoms with Crippen LogP contribution in [0.2, 0.25) is 0 Å². The zero-order valence-electron chi connectivity index (χ0n) is 13.8. The van der Waals surface area contributed by atoms with Crippen LogP contribution in [0.25, 0.3) is 21.5 Å². The Kier molecular flexibility index (Phi) is 3.95. The quantitative estimate of drug-likeness (QED) is 0.368. The molecule has 0 aromatic heterocycles. The van der Waals surface area contributed by atoms with E-state index in [9.17, 15) is 0 Å². The fourth-order valence-electron chi connectivity index (χ4n) is 3.67. The smallest absolute Gasteiger partial charge is 0.0364 e. The fourth-order valence-corrected chi connectivity index (χ4v) is 6.51. The highest BCUT2D eigenvalue weighted by molar-refractivity contribution is 8.01. The molecule has 5 rings (SSSR count). The van der Waals surface area contributed by atoms with Gasteiger partial charge in [-0.1, -0.05) is 72.8 Å². The third-order valence-electron chi connectivity index (χ3n) is 4.90. The third kappa shape index (κ3) is 2.74. The summed E-state index contributed by atoms with van der Waals surface area (Å²) in [4.78, 5) is 2.89. The molecule has 1 heterocycles. The van der Waals surface area contributed by atoms with Crippen molar-refractivity contribution in [3.05, 3.63) is 84.4 Å². The summed E-state index contributed by atoms with van der Waals surface area (Å²) >= 11 is 4.05. The maximum atomic E-state index is 2.35. The fraction of sp³-hybridized carbons (Fsp3) is 0.130. The summed E-state index contributed by atoms with van der Waals surface area (Å²) in [6.45, 7) is 0. The normalized spacial score (nSPS) is 16.9. The molecule has 2 heteroatoms. The minimum Gasteiger partial charge on any atom is -0.125 e. The van der Waals surface area contributed by atoms with E-state index in [1.807, 2.05) is 23.5 Å². The van der Waals surface area contributed by atoms with E-state index in [0.717, 1.165) is 0 Å². The summed E-state index contributed by atoms with van der Waals surface area (Å²) in [5.41, 5.74) is 1.51. The summed E-state index contributed by atoms with van der Waals surface area (Å²) in [6, 6.07) is 28.8. The molecule has 25 heavy (non-hydrogen) atoms. The third-order valence-corrected chi connectivity index (χ3v) is 7.47. The van der Waals surface area contributed by atoms with Crippen LogP contribution >= 0.6 is 23.5 Å². The van der Waals surface area contributed by atoms with E-state index < -0.39 is 0 Å². The molecule has 0 N–H and O–H groups in total. The molecule has 1 unspecified atom stereocenters. The van der Waals surface area contributed by atoms with Crippen LogP contribution in [0.5, 0.6) is 0 Å². The number of hydrogen-bond acceptors (Lipinski definition) is 2. The molecule has 0 aliphatic carbocycles. The molecule has 0 nitrogen and oxygen atoms in total. The largest absolute Gasteiger partial charge is 0.125 e. The van der Waals surface area contributed by atoms with Crippen molar-refractivity contribution in [2.75, 3.05) is 5.75 Å². The van der Waals surface area contributed by atoms with Crippen LogP contribution in [0.4, 0.5) is 0 Å². The number of benzene rings is 4. The summed E-state index contributed by atoms with van der Waals surface area (Å²) in [5.74, 6) is 1.20. The highest BCUT2D eigenvalue weighted by Gasteiger charge is 2.23. The number of thioether (sulfide) groups is 2. The van der Waals surface area contributed by atoms with Gasteiger partial charge in [-0.2, -0.15) is 0 Å². The molecule has 0 radical (unpaired) electrons. The van der Waals surface area contributed by atoms with Crippen molar-refractivity contribution in [3.8, 4) is 0 Å². The van der Waals surface area contributed by atoms with Crippen molar-refractivity contribution in [2.45, 2.75) is 21.5 Å². The Bertz CT molecular complexity index is 1060.